The number of nitrogens with zero attached hydrogens (tertiary/aromatic N) is 5. The molecule has 2 heterocycles. The van der Waals surface area contributed by atoms with Crippen molar-refractivity contribution in [3.05, 3.63) is 36.2 Å². The molecule has 124 valence electrons. The first kappa shape index (κ1) is 17.4. The molecule has 1 atom stereocenters. The van der Waals surface area contributed by atoms with E-state index in [9.17, 15) is 4.79 Å². The maximum Gasteiger partial charge on any atom is 0.256 e. The van der Waals surface area contributed by atoms with Gasteiger partial charge in [0.05, 0.1) is 11.3 Å². The van der Waals surface area contributed by atoms with Gasteiger partial charge in [-0.25, -0.2) is 0 Å². The molecule has 1 amide bonds. The number of piperidine rings is 1. The Balaban J connectivity index is 0.00000192. The summed E-state index contributed by atoms with van der Waals surface area (Å²) in [5.41, 5.74) is 7.35. The van der Waals surface area contributed by atoms with Gasteiger partial charge in [0.25, 0.3) is 5.91 Å². The minimum Gasteiger partial charge on any atom is -0.338 e. The Kier molecular flexibility index (Phi) is 5.01. The maximum absolute atomic E-state index is 12.9. The number of nitrogens with two attached hydrogens (primary N) is 1. The lowest BCUT2D eigenvalue weighted by Crippen LogP contribution is -2.54. The van der Waals surface area contributed by atoms with Gasteiger partial charge in [-0.3, -0.25) is 4.79 Å². The van der Waals surface area contributed by atoms with Crippen molar-refractivity contribution >= 4 is 18.3 Å². The summed E-state index contributed by atoms with van der Waals surface area (Å²) in [6.45, 7) is 5.53. The summed E-state index contributed by atoms with van der Waals surface area (Å²) in [6.07, 6.45) is 2.30. The number of carbonyl (C=O) groups is 1. The fraction of sp³-hybridized carbons (Fsp3) is 0.467. The zero-order valence-corrected chi connectivity index (χ0v) is 14.0. The van der Waals surface area contributed by atoms with Gasteiger partial charge in [0.2, 0.25) is 0 Å². The molecule has 8 heteroatoms. The number of tetrazole rings is 1. The molecule has 1 aliphatic rings. The first-order chi connectivity index (χ1) is 10.5. The number of para-hydroxylation sites is 1. The Hall–Kier alpha value is -1.99. The number of rotatable bonds is 2. The van der Waals surface area contributed by atoms with Gasteiger partial charge in [-0.05, 0) is 34.4 Å². The van der Waals surface area contributed by atoms with Crippen LogP contribution in [-0.2, 0) is 0 Å². The Labute approximate surface area is 141 Å². The van der Waals surface area contributed by atoms with Crippen molar-refractivity contribution in [3.63, 3.8) is 0 Å². The molecule has 1 saturated heterocycles. The van der Waals surface area contributed by atoms with Crippen LogP contribution >= 0.6 is 12.4 Å². The fourth-order valence-electron chi connectivity index (χ4n) is 2.84. The first-order valence-electron chi connectivity index (χ1n) is 7.36. The molecule has 3 rings (SSSR count). The van der Waals surface area contributed by atoms with Gasteiger partial charge in [-0.15, -0.1) is 17.5 Å². The van der Waals surface area contributed by atoms with Crippen LogP contribution in [-0.4, -0.2) is 50.1 Å². The fourth-order valence-corrected chi connectivity index (χ4v) is 2.84. The standard InChI is InChI=1S/C15H20N6O.ClH/c1-15(2)9-20(8-7-13(15)16)14(22)11-5-3-4-6-12(11)21-10-17-18-19-21;/h3-6,10,13H,7-9,16H2,1-2H3;1H. The highest BCUT2D eigenvalue weighted by molar-refractivity contribution is 5.97. The molecular weight excluding hydrogens is 316 g/mol. The van der Waals surface area contributed by atoms with Gasteiger partial charge >= 0.3 is 0 Å². The molecule has 7 nitrogen and oxygen atoms in total. The molecular formula is C15H21ClN6O. The topological polar surface area (TPSA) is 89.9 Å². The summed E-state index contributed by atoms with van der Waals surface area (Å²) in [6, 6.07) is 7.48. The minimum absolute atomic E-state index is 0. The maximum atomic E-state index is 12.9. The van der Waals surface area contributed by atoms with Crippen molar-refractivity contribution in [2.24, 2.45) is 11.1 Å². The van der Waals surface area contributed by atoms with Crippen LogP contribution in [0.2, 0.25) is 0 Å². The summed E-state index contributed by atoms with van der Waals surface area (Å²) in [5.74, 6) is -0.00826. The van der Waals surface area contributed by atoms with E-state index >= 15 is 0 Å². The van der Waals surface area contributed by atoms with Crippen molar-refractivity contribution < 1.29 is 4.79 Å². The zero-order chi connectivity index (χ0) is 15.7. The molecule has 0 saturated carbocycles. The van der Waals surface area contributed by atoms with E-state index in [1.54, 1.807) is 6.07 Å². The monoisotopic (exact) mass is 336 g/mol. The van der Waals surface area contributed by atoms with Crippen LogP contribution in [0.15, 0.2) is 30.6 Å². The van der Waals surface area contributed by atoms with Crippen LogP contribution in [0.4, 0.5) is 0 Å². The van der Waals surface area contributed by atoms with E-state index in [4.69, 9.17) is 5.73 Å². The summed E-state index contributed by atoms with van der Waals surface area (Å²) in [5, 5.41) is 11.2. The number of likely N-dealkylation sites (tertiary alicyclic amines) is 1. The van der Waals surface area contributed by atoms with E-state index in [1.807, 2.05) is 23.1 Å². The third-order valence-electron chi connectivity index (χ3n) is 4.33. The predicted molar refractivity (Wildman–Crippen MR) is 88.7 cm³/mol. The quantitative estimate of drug-likeness (QED) is 0.892. The molecule has 0 radical (unpaired) electrons. The number of benzene rings is 1. The minimum atomic E-state index is -0.0857. The molecule has 1 aromatic heterocycles. The molecule has 0 bridgehead atoms. The van der Waals surface area contributed by atoms with Crippen LogP contribution in [0.1, 0.15) is 30.6 Å². The average molecular weight is 337 g/mol. The average Bonchev–Trinajstić information content (AvgIpc) is 3.03. The third-order valence-corrected chi connectivity index (χ3v) is 4.33. The lowest BCUT2D eigenvalue weighted by molar-refractivity contribution is 0.0533. The zero-order valence-electron chi connectivity index (χ0n) is 13.2. The number of carbonyl (C=O) groups excluding carboxylic acids is 1. The van der Waals surface area contributed by atoms with Crippen LogP contribution in [0.5, 0.6) is 0 Å². The van der Waals surface area contributed by atoms with E-state index in [1.165, 1.54) is 11.0 Å². The first-order valence-corrected chi connectivity index (χ1v) is 7.36. The van der Waals surface area contributed by atoms with Gasteiger partial charge in [0.15, 0.2) is 0 Å². The Morgan fingerprint density at radius 1 is 1.35 bits per heavy atom. The number of hydrogen-bond donors (Lipinski definition) is 1. The van der Waals surface area contributed by atoms with Crippen molar-refractivity contribution in [2.75, 3.05) is 13.1 Å². The van der Waals surface area contributed by atoms with E-state index < -0.39 is 0 Å². The molecule has 0 spiro atoms. The summed E-state index contributed by atoms with van der Waals surface area (Å²) in [7, 11) is 0. The second kappa shape index (κ2) is 6.64. The van der Waals surface area contributed by atoms with Gasteiger partial charge in [-0.2, -0.15) is 4.68 Å². The smallest absolute Gasteiger partial charge is 0.256 e. The Morgan fingerprint density at radius 2 is 2.09 bits per heavy atom. The molecule has 2 N–H and O–H groups in total. The van der Waals surface area contributed by atoms with Crippen LogP contribution in [0.25, 0.3) is 5.69 Å². The van der Waals surface area contributed by atoms with Crippen molar-refractivity contribution in [3.8, 4) is 5.69 Å². The predicted octanol–water partition coefficient (Wildman–Crippen LogP) is 1.28. The number of aromatic nitrogens is 4. The second-order valence-electron chi connectivity index (χ2n) is 6.38. The highest BCUT2D eigenvalue weighted by atomic mass is 35.5. The van der Waals surface area contributed by atoms with Gasteiger partial charge in [-0.1, -0.05) is 26.0 Å². The summed E-state index contributed by atoms with van der Waals surface area (Å²) < 4.78 is 1.51. The SMILES string of the molecule is CC1(C)CN(C(=O)c2ccccc2-n2cnnn2)CCC1N.Cl. The molecule has 0 aliphatic carbocycles. The van der Waals surface area contributed by atoms with Gasteiger partial charge in [0.1, 0.15) is 6.33 Å². The van der Waals surface area contributed by atoms with Crippen molar-refractivity contribution in [2.45, 2.75) is 26.3 Å². The molecule has 23 heavy (non-hydrogen) atoms. The molecule has 1 unspecified atom stereocenters. The number of halogens is 1. The van der Waals surface area contributed by atoms with Crippen molar-refractivity contribution in [1.29, 1.82) is 0 Å². The van der Waals surface area contributed by atoms with E-state index in [-0.39, 0.29) is 29.8 Å². The molecule has 1 fully saturated rings. The van der Waals surface area contributed by atoms with Gasteiger partial charge < -0.3 is 10.6 Å². The second-order valence-corrected chi connectivity index (χ2v) is 6.38. The molecule has 2 aromatic rings. The molecule has 1 aliphatic heterocycles. The lowest BCUT2D eigenvalue weighted by atomic mass is 9.79. The lowest BCUT2D eigenvalue weighted by Gasteiger charge is -2.42. The van der Waals surface area contributed by atoms with E-state index in [2.05, 4.69) is 29.4 Å². The third kappa shape index (κ3) is 3.35. The Bertz CT molecular complexity index is 672. The van der Waals surface area contributed by atoms with Crippen molar-refractivity contribution in [1.82, 2.24) is 25.1 Å². The molecule has 1 aromatic carbocycles. The normalized spacial score (nSPS) is 20.0. The van der Waals surface area contributed by atoms with Crippen LogP contribution in [0, 0.1) is 5.41 Å². The number of hydrogen-bond acceptors (Lipinski definition) is 5. The largest absolute Gasteiger partial charge is 0.338 e. The summed E-state index contributed by atoms with van der Waals surface area (Å²) >= 11 is 0. The number of amides is 1. The Morgan fingerprint density at radius 3 is 2.74 bits per heavy atom. The van der Waals surface area contributed by atoms with E-state index in [0.29, 0.717) is 24.3 Å². The van der Waals surface area contributed by atoms with Gasteiger partial charge in [0, 0.05) is 19.1 Å². The highest BCUT2D eigenvalue weighted by Gasteiger charge is 2.36. The van der Waals surface area contributed by atoms with Crippen LogP contribution < -0.4 is 5.73 Å². The highest BCUT2D eigenvalue weighted by Crippen LogP contribution is 2.29. The van der Waals surface area contributed by atoms with Crippen LogP contribution in [0.3, 0.4) is 0 Å². The summed E-state index contributed by atoms with van der Waals surface area (Å²) in [4.78, 5) is 14.8. The van der Waals surface area contributed by atoms with E-state index in [0.717, 1.165) is 6.42 Å².